The van der Waals surface area contributed by atoms with Crippen molar-refractivity contribution in [3.63, 3.8) is 0 Å². The summed E-state index contributed by atoms with van der Waals surface area (Å²) < 4.78 is 43.8. The Bertz CT molecular complexity index is 962. The van der Waals surface area contributed by atoms with Crippen molar-refractivity contribution in [3.05, 3.63) is 59.5 Å². The fourth-order valence-electron chi connectivity index (χ4n) is 5.06. The second-order valence-electron chi connectivity index (χ2n) is 9.17. The lowest BCUT2D eigenvalue weighted by atomic mass is 9.94. The summed E-state index contributed by atoms with van der Waals surface area (Å²) in [5, 5.41) is 0. The summed E-state index contributed by atoms with van der Waals surface area (Å²) in [6, 6.07) is 7.73. The molecule has 2 fully saturated rings. The lowest BCUT2D eigenvalue weighted by molar-refractivity contribution is -0.139. The number of alkyl halides is 3. The predicted octanol–water partition coefficient (Wildman–Crippen LogP) is 4.27. The summed E-state index contributed by atoms with van der Waals surface area (Å²) in [6.07, 6.45) is 1.41. The second kappa shape index (κ2) is 10.2. The van der Waals surface area contributed by atoms with Crippen LogP contribution in [0.1, 0.15) is 47.4 Å². The van der Waals surface area contributed by atoms with Gasteiger partial charge in [0.15, 0.2) is 0 Å². The van der Waals surface area contributed by atoms with Gasteiger partial charge in [-0.1, -0.05) is 12.8 Å². The standard InChI is InChI=1S/C25H30F3N3O3/c1-29(17-21-7-4-16-34-21)24(33)22(18-5-2-3-6-18)30-12-14-31(15-13-30)23(32)19-8-10-20(11-9-19)25(26,27)28/h4,7-11,16,18,22H,2-3,5-6,12-15,17H2,1H3. The van der Waals surface area contributed by atoms with Gasteiger partial charge < -0.3 is 14.2 Å². The predicted molar refractivity (Wildman–Crippen MR) is 120 cm³/mol. The molecule has 1 saturated heterocycles. The number of halogens is 3. The topological polar surface area (TPSA) is 57.0 Å². The van der Waals surface area contributed by atoms with E-state index < -0.39 is 11.7 Å². The molecule has 0 spiro atoms. The van der Waals surface area contributed by atoms with E-state index in [1.165, 1.54) is 12.1 Å². The first-order chi connectivity index (χ1) is 16.2. The Balaban J connectivity index is 1.40. The molecule has 4 rings (SSSR count). The van der Waals surface area contributed by atoms with Gasteiger partial charge >= 0.3 is 6.18 Å². The number of carbonyl (C=O) groups is 2. The number of piperazine rings is 1. The van der Waals surface area contributed by atoms with Gasteiger partial charge in [-0.3, -0.25) is 14.5 Å². The van der Waals surface area contributed by atoms with Crippen molar-refractivity contribution in [2.45, 2.75) is 44.4 Å². The molecule has 1 aliphatic heterocycles. The van der Waals surface area contributed by atoms with Gasteiger partial charge in [0, 0.05) is 38.8 Å². The second-order valence-corrected chi connectivity index (χ2v) is 9.17. The Labute approximate surface area is 197 Å². The summed E-state index contributed by atoms with van der Waals surface area (Å²) in [5.41, 5.74) is -0.534. The number of rotatable bonds is 6. The smallest absolute Gasteiger partial charge is 0.416 e. The van der Waals surface area contributed by atoms with Crippen LogP contribution in [0.5, 0.6) is 0 Å². The van der Waals surface area contributed by atoms with Crippen LogP contribution in [-0.2, 0) is 17.5 Å². The Morgan fingerprint density at radius 3 is 2.26 bits per heavy atom. The van der Waals surface area contributed by atoms with E-state index in [1.807, 2.05) is 6.07 Å². The van der Waals surface area contributed by atoms with E-state index in [-0.39, 0.29) is 29.3 Å². The first kappa shape index (κ1) is 24.3. The van der Waals surface area contributed by atoms with Crippen molar-refractivity contribution in [1.29, 1.82) is 0 Å². The monoisotopic (exact) mass is 477 g/mol. The summed E-state index contributed by atoms with van der Waals surface area (Å²) >= 11 is 0. The maximum Gasteiger partial charge on any atom is 0.416 e. The van der Waals surface area contributed by atoms with E-state index in [0.29, 0.717) is 32.7 Å². The van der Waals surface area contributed by atoms with Gasteiger partial charge in [0.05, 0.1) is 24.4 Å². The summed E-state index contributed by atoms with van der Waals surface area (Å²) in [5.74, 6) is 0.787. The number of benzene rings is 1. The highest BCUT2D eigenvalue weighted by atomic mass is 19.4. The molecule has 2 aliphatic rings. The van der Waals surface area contributed by atoms with Crippen LogP contribution < -0.4 is 0 Å². The van der Waals surface area contributed by atoms with Gasteiger partial charge in [-0.25, -0.2) is 0 Å². The highest BCUT2D eigenvalue weighted by Crippen LogP contribution is 2.32. The minimum Gasteiger partial charge on any atom is -0.467 e. The third-order valence-corrected chi connectivity index (χ3v) is 6.90. The summed E-state index contributed by atoms with van der Waals surface area (Å²) in [7, 11) is 1.79. The average molecular weight is 478 g/mol. The van der Waals surface area contributed by atoms with E-state index in [1.54, 1.807) is 29.2 Å². The SMILES string of the molecule is CN(Cc1ccco1)C(=O)C(C1CCCC1)N1CCN(C(=O)c2ccc(C(F)(F)F)cc2)CC1. The molecule has 1 atom stereocenters. The van der Waals surface area contributed by atoms with Gasteiger partial charge in [-0.05, 0) is 55.2 Å². The lowest BCUT2D eigenvalue weighted by Crippen LogP contribution is -2.58. The minimum atomic E-state index is -4.43. The van der Waals surface area contributed by atoms with E-state index in [9.17, 15) is 22.8 Å². The van der Waals surface area contributed by atoms with Crippen LogP contribution in [0.3, 0.4) is 0 Å². The maximum absolute atomic E-state index is 13.5. The van der Waals surface area contributed by atoms with Crippen LogP contribution in [0.4, 0.5) is 13.2 Å². The zero-order chi connectivity index (χ0) is 24.3. The molecule has 1 unspecified atom stereocenters. The Kier molecular flexibility index (Phi) is 7.30. The lowest BCUT2D eigenvalue weighted by Gasteiger charge is -2.42. The Hall–Kier alpha value is -2.81. The normalized spacial score (nSPS) is 18.8. The van der Waals surface area contributed by atoms with Crippen molar-refractivity contribution in [1.82, 2.24) is 14.7 Å². The van der Waals surface area contributed by atoms with Crippen molar-refractivity contribution in [3.8, 4) is 0 Å². The van der Waals surface area contributed by atoms with Crippen LogP contribution in [0, 0.1) is 5.92 Å². The number of amides is 2. The zero-order valence-corrected chi connectivity index (χ0v) is 19.3. The molecule has 9 heteroatoms. The van der Waals surface area contributed by atoms with E-state index in [4.69, 9.17) is 4.42 Å². The summed E-state index contributed by atoms with van der Waals surface area (Å²) in [4.78, 5) is 31.9. The van der Waals surface area contributed by atoms with Gasteiger partial charge in [0.25, 0.3) is 5.91 Å². The fraction of sp³-hybridized carbons (Fsp3) is 0.520. The van der Waals surface area contributed by atoms with Crippen LogP contribution in [0.15, 0.2) is 47.1 Å². The molecular formula is C25H30F3N3O3. The molecule has 1 saturated carbocycles. The van der Waals surface area contributed by atoms with E-state index in [2.05, 4.69) is 4.90 Å². The Morgan fingerprint density at radius 1 is 1.06 bits per heavy atom. The van der Waals surface area contributed by atoms with E-state index >= 15 is 0 Å². The van der Waals surface area contributed by atoms with Gasteiger partial charge in [-0.2, -0.15) is 13.2 Å². The molecule has 6 nitrogen and oxygen atoms in total. The summed E-state index contributed by atoms with van der Waals surface area (Å²) in [6.45, 7) is 2.36. The number of carbonyl (C=O) groups excluding carboxylic acids is 2. The van der Waals surface area contributed by atoms with Crippen molar-refractivity contribution in [2.24, 2.45) is 5.92 Å². The van der Waals surface area contributed by atoms with Crippen LogP contribution in [0.25, 0.3) is 0 Å². The molecule has 1 aliphatic carbocycles. The third kappa shape index (κ3) is 5.46. The fourth-order valence-corrected chi connectivity index (χ4v) is 5.06. The number of nitrogens with zero attached hydrogens (tertiary/aromatic N) is 3. The van der Waals surface area contributed by atoms with Crippen molar-refractivity contribution in [2.75, 3.05) is 33.2 Å². The first-order valence-electron chi connectivity index (χ1n) is 11.7. The number of hydrogen-bond donors (Lipinski definition) is 0. The Morgan fingerprint density at radius 2 is 1.71 bits per heavy atom. The van der Waals surface area contributed by atoms with Crippen LogP contribution >= 0.6 is 0 Å². The van der Waals surface area contributed by atoms with Crippen molar-refractivity contribution >= 4 is 11.8 Å². The number of likely N-dealkylation sites (N-methyl/N-ethyl adjacent to an activating group) is 1. The van der Waals surface area contributed by atoms with Gasteiger partial charge in [0.1, 0.15) is 5.76 Å². The molecule has 1 aromatic carbocycles. The maximum atomic E-state index is 13.5. The molecule has 2 heterocycles. The van der Waals surface area contributed by atoms with Crippen molar-refractivity contribution < 1.29 is 27.2 Å². The van der Waals surface area contributed by atoms with Crippen LogP contribution in [-0.4, -0.2) is 65.8 Å². The number of furan rings is 1. The molecule has 2 aromatic rings. The zero-order valence-electron chi connectivity index (χ0n) is 19.3. The van der Waals surface area contributed by atoms with E-state index in [0.717, 1.165) is 43.6 Å². The molecule has 184 valence electrons. The molecule has 0 N–H and O–H groups in total. The largest absolute Gasteiger partial charge is 0.467 e. The average Bonchev–Trinajstić information content (AvgIpc) is 3.53. The quantitative estimate of drug-likeness (QED) is 0.624. The highest BCUT2D eigenvalue weighted by molar-refractivity contribution is 5.94. The molecule has 1 aromatic heterocycles. The molecule has 0 radical (unpaired) electrons. The van der Waals surface area contributed by atoms with Gasteiger partial charge in [-0.15, -0.1) is 0 Å². The number of hydrogen-bond acceptors (Lipinski definition) is 4. The first-order valence-corrected chi connectivity index (χ1v) is 11.7. The van der Waals surface area contributed by atoms with Crippen LogP contribution in [0.2, 0.25) is 0 Å². The minimum absolute atomic E-state index is 0.0609. The molecule has 2 amide bonds. The third-order valence-electron chi connectivity index (χ3n) is 6.90. The highest BCUT2D eigenvalue weighted by Gasteiger charge is 2.39. The molecule has 34 heavy (non-hydrogen) atoms. The molecule has 0 bridgehead atoms. The molecular weight excluding hydrogens is 447 g/mol. The van der Waals surface area contributed by atoms with Gasteiger partial charge in [0.2, 0.25) is 5.91 Å².